The molecule has 1 nitrogen and oxygen atoms in total. The first-order chi connectivity index (χ1) is 2.41. The summed E-state index contributed by atoms with van der Waals surface area (Å²) in [6, 6.07) is 0. The first kappa shape index (κ1) is 53.1. The summed E-state index contributed by atoms with van der Waals surface area (Å²) >= 11 is 0. The van der Waals surface area contributed by atoms with Crippen molar-refractivity contribution in [3.63, 3.8) is 0 Å². The van der Waals surface area contributed by atoms with E-state index in [1.54, 1.807) is 0 Å². The minimum absolute atomic E-state index is 0. The Morgan fingerprint density at radius 2 is 1.00 bits per heavy atom. The minimum atomic E-state index is 0. The van der Waals surface area contributed by atoms with E-state index in [0.29, 0.717) is 0 Å². The maximum atomic E-state index is 3.11. The predicted molar refractivity (Wildman–Crippen MR) is 40.0 cm³/mol. The van der Waals surface area contributed by atoms with Gasteiger partial charge in [0, 0.05) is 8.41 Å². The average Bonchev–Trinajstić information content (AvgIpc) is 1.41. The monoisotopic (exact) mass is 164 g/mol. The van der Waals surface area contributed by atoms with Crippen molar-refractivity contribution in [1.29, 1.82) is 0 Å². The van der Waals surface area contributed by atoms with E-state index >= 15 is 0 Å². The zero-order valence-corrected chi connectivity index (χ0v) is 6.12. The molecule has 0 fully saturated rings. The van der Waals surface area contributed by atoms with Gasteiger partial charge in [-0.25, -0.2) is 0 Å². The Kier molecular flexibility index (Phi) is 370. The molecule has 0 atom stereocenters. The SMILES string of the molecule is CCNCC.F.F.F.F.[B]. The molecule has 0 saturated heterocycles. The third kappa shape index (κ3) is 116. The second-order valence-electron chi connectivity index (χ2n) is 0.957. The molecule has 0 heterocycles. The normalized spacial score (nSPS) is 4.20. The van der Waals surface area contributed by atoms with Crippen LogP contribution in [0.5, 0.6) is 0 Å². The Morgan fingerprint density at radius 1 is 0.800 bits per heavy atom. The van der Waals surface area contributed by atoms with Gasteiger partial charge >= 0.3 is 0 Å². The molecule has 1 N–H and O–H groups in total. The zero-order chi connectivity index (χ0) is 4.12. The van der Waals surface area contributed by atoms with Crippen molar-refractivity contribution in [2.24, 2.45) is 0 Å². The Morgan fingerprint density at radius 3 is 1.00 bits per heavy atom. The Labute approximate surface area is 60.6 Å². The van der Waals surface area contributed by atoms with Gasteiger partial charge in [0.1, 0.15) is 0 Å². The number of hydrogen-bond donors (Lipinski definition) is 1. The van der Waals surface area contributed by atoms with Gasteiger partial charge in [-0.2, -0.15) is 0 Å². The Balaban J connectivity index is -0.00000000800. The first-order valence-electron chi connectivity index (χ1n) is 2.12. The summed E-state index contributed by atoms with van der Waals surface area (Å²) in [4.78, 5) is 0. The maximum Gasteiger partial charge on any atom is 0 e. The van der Waals surface area contributed by atoms with Crippen molar-refractivity contribution >= 4 is 8.41 Å². The molecular weight excluding hydrogens is 149 g/mol. The minimum Gasteiger partial charge on any atom is -0.317 e. The van der Waals surface area contributed by atoms with Crippen molar-refractivity contribution in [2.75, 3.05) is 13.1 Å². The predicted octanol–water partition coefficient (Wildman–Crippen LogP) is 0.845. The van der Waals surface area contributed by atoms with Gasteiger partial charge in [0.2, 0.25) is 0 Å². The summed E-state index contributed by atoms with van der Waals surface area (Å²) in [5, 5.41) is 3.11. The van der Waals surface area contributed by atoms with Crippen molar-refractivity contribution < 1.29 is 18.8 Å². The number of hydrogen-bond acceptors (Lipinski definition) is 1. The third-order valence-corrected chi connectivity index (χ3v) is 0.500. The van der Waals surface area contributed by atoms with Crippen LogP contribution in [0, 0.1) is 0 Å². The van der Waals surface area contributed by atoms with E-state index in [0.717, 1.165) is 13.1 Å². The highest BCUT2D eigenvalue weighted by Gasteiger charge is 1.62. The molecule has 0 aromatic carbocycles. The van der Waals surface area contributed by atoms with E-state index in [9.17, 15) is 0 Å². The highest BCUT2D eigenvalue weighted by atomic mass is 19.0. The van der Waals surface area contributed by atoms with Gasteiger partial charge in [-0.15, -0.1) is 0 Å². The lowest BCUT2D eigenvalue weighted by atomic mass is 10.7. The van der Waals surface area contributed by atoms with Gasteiger partial charge in [-0.3, -0.25) is 18.8 Å². The fourth-order valence-electron chi connectivity index (χ4n) is 0.250. The number of halogens is 4. The number of rotatable bonds is 2. The first-order valence-corrected chi connectivity index (χ1v) is 2.12. The quantitative estimate of drug-likeness (QED) is 0.471. The van der Waals surface area contributed by atoms with Crippen LogP contribution in [-0.2, 0) is 0 Å². The molecule has 67 valence electrons. The van der Waals surface area contributed by atoms with Crippen molar-refractivity contribution in [2.45, 2.75) is 13.8 Å². The lowest BCUT2D eigenvalue weighted by Crippen LogP contribution is -2.09. The summed E-state index contributed by atoms with van der Waals surface area (Å²) in [5.74, 6) is 0. The third-order valence-electron chi connectivity index (χ3n) is 0.500. The summed E-state index contributed by atoms with van der Waals surface area (Å²) < 4.78 is 0. The topological polar surface area (TPSA) is 12.0 Å². The molecule has 0 aliphatic carbocycles. The molecule has 0 aromatic heterocycles. The zero-order valence-electron chi connectivity index (χ0n) is 6.12. The standard InChI is InChI=1S/C4H11N.B.4FH/c1-3-5-4-2;;;;;/h5H,3-4H2,1-2H3;;4*1H. The van der Waals surface area contributed by atoms with E-state index < -0.39 is 0 Å². The lowest BCUT2D eigenvalue weighted by Gasteiger charge is -1.86. The van der Waals surface area contributed by atoms with Gasteiger partial charge < -0.3 is 5.32 Å². The maximum absolute atomic E-state index is 3.11. The molecule has 0 aromatic rings. The van der Waals surface area contributed by atoms with Crippen molar-refractivity contribution in [3.05, 3.63) is 0 Å². The highest BCUT2D eigenvalue weighted by Crippen LogP contribution is 1.47. The second-order valence-corrected chi connectivity index (χ2v) is 0.957. The van der Waals surface area contributed by atoms with Crippen LogP contribution >= 0.6 is 0 Å². The largest absolute Gasteiger partial charge is 0.317 e. The van der Waals surface area contributed by atoms with Crippen LogP contribution in [0.3, 0.4) is 0 Å². The summed E-state index contributed by atoms with van der Waals surface area (Å²) in [6.07, 6.45) is 0. The second kappa shape index (κ2) is 69.6. The average molecular weight is 164 g/mol. The van der Waals surface area contributed by atoms with Crippen LogP contribution < -0.4 is 5.32 Å². The molecule has 0 amide bonds. The molecule has 3 radical (unpaired) electrons. The molecule has 0 bridgehead atoms. The van der Waals surface area contributed by atoms with Crippen LogP contribution in [0.2, 0.25) is 0 Å². The molecule has 0 spiro atoms. The summed E-state index contributed by atoms with van der Waals surface area (Å²) in [6.45, 7) is 6.39. The molecule has 10 heavy (non-hydrogen) atoms. The van der Waals surface area contributed by atoms with Gasteiger partial charge in [-0.05, 0) is 13.1 Å². The molecule has 0 saturated carbocycles. The van der Waals surface area contributed by atoms with Crippen LogP contribution in [0.4, 0.5) is 18.8 Å². The smallest absolute Gasteiger partial charge is 0 e. The molecule has 0 aliphatic heterocycles. The number of nitrogens with one attached hydrogen (secondary N) is 1. The summed E-state index contributed by atoms with van der Waals surface area (Å²) in [5.41, 5.74) is 0. The van der Waals surface area contributed by atoms with Crippen LogP contribution in [0.15, 0.2) is 0 Å². The summed E-state index contributed by atoms with van der Waals surface area (Å²) in [7, 11) is 0. The van der Waals surface area contributed by atoms with E-state index in [4.69, 9.17) is 0 Å². The molecule has 0 rings (SSSR count). The van der Waals surface area contributed by atoms with E-state index in [-0.39, 0.29) is 27.2 Å². The van der Waals surface area contributed by atoms with Crippen molar-refractivity contribution in [1.82, 2.24) is 5.32 Å². The van der Waals surface area contributed by atoms with E-state index in [1.165, 1.54) is 0 Å². The van der Waals surface area contributed by atoms with Crippen LogP contribution in [0.25, 0.3) is 0 Å². The van der Waals surface area contributed by atoms with Gasteiger partial charge in [-0.1, -0.05) is 13.8 Å². The van der Waals surface area contributed by atoms with Crippen molar-refractivity contribution in [3.8, 4) is 0 Å². The highest BCUT2D eigenvalue weighted by molar-refractivity contribution is 5.75. The fraction of sp³-hybridized carbons (Fsp3) is 1.00. The molecular formula is C4H15BF4N. The van der Waals surface area contributed by atoms with Gasteiger partial charge in [0.25, 0.3) is 0 Å². The fourth-order valence-corrected chi connectivity index (χ4v) is 0.250. The van der Waals surface area contributed by atoms with Gasteiger partial charge in [0.05, 0.1) is 0 Å². The van der Waals surface area contributed by atoms with Crippen LogP contribution in [0.1, 0.15) is 13.8 Å². The lowest BCUT2D eigenvalue weighted by molar-refractivity contribution is 0.762. The van der Waals surface area contributed by atoms with E-state index in [2.05, 4.69) is 19.2 Å². The van der Waals surface area contributed by atoms with E-state index in [1.807, 2.05) is 0 Å². The molecule has 6 heteroatoms. The molecule has 0 aliphatic rings. The Hall–Kier alpha value is -0.255. The molecule has 0 unspecified atom stereocenters. The van der Waals surface area contributed by atoms with Gasteiger partial charge in [0.15, 0.2) is 0 Å². The van der Waals surface area contributed by atoms with Crippen LogP contribution in [-0.4, -0.2) is 21.5 Å². The Bertz CT molecular complexity index is 24.7.